The number of aryl methyl sites for hydroxylation is 1. The highest BCUT2D eigenvalue weighted by Crippen LogP contribution is 2.44. The number of carbonyl (C=O) groups excluding carboxylic acids is 1. The molecule has 0 saturated carbocycles. The lowest BCUT2D eigenvalue weighted by atomic mass is 9.69. The normalized spacial score (nSPS) is 16.2. The lowest BCUT2D eigenvalue weighted by molar-refractivity contribution is -0.116. The summed E-state index contributed by atoms with van der Waals surface area (Å²) in [6, 6.07) is 29.5. The van der Waals surface area contributed by atoms with Gasteiger partial charge in [-0.05, 0) is 61.9 Å². The molecule has 1 aromatic heterocycles. The largest absolute Gasteiger partial charge is 0.497 e. The minimum Gasteiger partial charge on any atom is -0.497 e. The first-order valence-corrected chi connectivity index (χ1v) is 13.5. The van der Waals surface area contributed by atoms with Crippen LogP contribution in [0, 0.1) is 6.92 Å². The van der Waals surface area contributed by atoms with Gasteiger partial charge >= 0.3 is 0 Å². The molecule has 202 valence electrons. The number of Topliss-reactive ketones (excluding diaryl/α,β-unsaturated/α-hetero) is 1. The van der Waals surface area contributed by atoms with Gasteiger partial charge in [0.05, 0.1) is 29.5 Å². The average molecular weight is 560 g/mol. The summed E-state index contributed by atoms with van der Waals surface area (Å²) in [6.07, 6.45) is 1.53. The van der Waals surface area contributed by atoms with Crippen molar-refractivity contribution in [2.45, 2.75) is 19.3 Å². The molecule has 0 bridgehead atoms. The number of ether oxygens (including phenoxy) is 1. The van der Waals surface area contributed by atoms with E-state index in [0.717, 1.165) is 11.1 Å². The highest BCUT2D eigenvalue weighted by Gasteiger charge is 2.47. The van der Waals surface area contributed by atoms with Crippen molar-refractivity contribution in [3.8, 4) is 22.8 Å². The quantitative estimate of drug-likeness (QED) is 0.235. The molecular formula is C34H26ClN3O3. The minimum absolute atomic E-state index is 0.235. The van der Waals surface area contributed by atoms with Crippen molar-refractivity contribution in [1.82, 2.24) is 9.55 Å². The highest BCUT2D eigenvalue weighted by atomic mass is 35.5. The number of aliphatic imine (C=N–C) groups is 1. The predicted molar refractivity (Wildman–Crippen MR) is 162 cm³/mol. The smallest absolute Gasteiger partial charge is 0.262 e. The number of nitrogens with zero attached hydrogens (tertiary/aromatic N) is 3. The summed E-state index contributed by atoms with van der Waals surface area (Å²) in [5.74, 6) is 0.718. The van der Waals surface area contributed by atoms with Crippen LogP contribution in [-0.4, -0.2) is 28.2 Å². The number of rotatable bonds is 5. The molecule has 7 heteroatoms. The van der Waals surface area contributed by atoms with Gasteiger partial charge in [-0.15, -0.1) is 0 Å². The molecule has 0 amide bonds. The average Bonchev–Trinajstić information content (AvgIpc) is 3.00. The van der Waals surface area contributed by atoms with Gasteiger partial charge in [0.25, 0.3) is 5.56 Å². The Bertz CT molecular complexity index is 1880. The molecule has 5 aromatic rings. The Morgan fingerprint density at radius 3 is 2.22 bits per heavy atom. The minimum atomic E-state index is -1.41. The van der Waals surface area contributed by atoms with Gasteiger partial charge in [-0.1, -0.05) is 71.8 Å². The topological polar surface area (TPSA) is 73.6 Å². The second-order valence-corrected chi connectivity index (χ2v) is 10.6. The Labute approximate surface area is 242 Å². The van der Waals surface area contributed by atoms with Crippen LogP contribution >= 0.6 is 11.6 Å². The molecule has 1 atom stereocenters. The number of aromatic nitrogens is 2. The van der Waals surface area contributed by atoms with Gasteiger partial charge in [-0.3, -0.25) is 14.2 Å². The zero-order valence-electron chi connectivity index (χ0n) is 22.8. The Morgan fingerprint density at radius 1 is 0.829 bits per heavy atom. The summed E-state index contributed by atoms with van der Waals surface area (Å²) in [5, 5.41) is 0.548. The summed E-state index contributed by atoms with van der Waals surface area (Å²) in [5.41, 5.74) is 2.98. The first kappa shape index (κ1) is 26.4. The number of fused-ring (bicyclic) bond motifs is 1. The van der Waals surface area contributed by atoms with Crippen LogP contribution in [0.3, 0.4) is 0 Å². The number of benzene rings is 4. The second-order valence-electron chi connectivity index (χ2n) is 10.1. The Balaban J connectivity index is 1.65. The summed E-state index contributed by atoms with van der Waals surface area (Å²) >= 11 is 6.13. The van der Waals surface area contributed by atoms with Crippen LogP contribution < -0.4 is 10.3 Å². The Kier molecular flexibility index (Phi) is 6.64. The van der Waals surface area contributed by atoms with E-state index >= 15 is 0 Å². The van der Waals surface area contributed by atoms with Crippen molar-refractivity contribution in [2.24, 2.45) is 4.99 Å². The van der Waals surface area contributed by atoms with Crippen LogP contribution in [-0.2, 0) is 10.2 Å². The predicted octanol–water partition coefficient (Wildman–Crippen LogP) is 6.88. The number of carbonyl (C=O) groups is 1. The van der Waals surface area contributed by atoms with Crippen LogP contribution in [0.25, 0.3) is 17.1 Å². The van der Waals surface area contributed by atoms with E-state index in [1.54, 1.807) is 61.1 Å². The summed E-state index contributed by atoms with van der Waals surface area (Å²) < 4.78 is 7.09. The van der Waals surface area contributed by atoms with E-state index in [-0.39, 0.29) is 22.6 Å². The summed E-state index contributed by atoms with van der Waals surface area (Å²) in [7, 11) is 1.56. The molecule has 1 aliphatic heterocycles. The van der Waals surface area contributed by atoms with Crippen molar-refractivity contribution < 1.29 is 9.53 Å². The maximum atomic E-state index is 14.6. The zero-order chi connectivity index (χ0) is 28.7. The number of halogens is 1. The molecule has 0 aliphatic carbocycles. The third kappa shape index (κ3) is 4.46. The molecule has 0 spiro atoms. The second kappa shape index (κ2) is 10.3. The molecule has 2 heterocycles. The Hall–Kier alpha value is -4.81. The third-order valence-corrected chi connectivity index (χ3v) is 7.84. The van der Waals surface area contributed by atoms with Gasteiger partial charge in [-0.2, -0.15) is 0 Å². The number of hydrogen-bond acceptors (Lipinski definition) is 5. The molecule has 1 unspecified atom stereocenters. The number of methoxy groups -OCH3 is 1. The molecule has 0 saturated heterocycles. The number of ketones is 1. The first-order chi connectivity index (χ1) is 19.8. The standard InChI is InChI=1S/C34H26ClN3O3/c1-21-9-15-25(16-10-21)38-32(23-7-5-4-6-8-23)36-20-28(33(38)40)34(2)27-19-26(41-3)17-18-29(27)37-30(31(34)39)22-11-13-24(35)14-12-22/h4-20H,1-3H3. The fraction of sp³-hybridized carbons (Fsp3) is 0.118. The Morgan fingerprint density at radius 2 is 1.54 bits per heavy atom. The van der Waals surface area contributed by atoms with E-state index in [1.807, 2.05) is 61.5 Å². The van der Waals surface area contributed by atoms with Crippen LogP contribution in [0.4, 0.5) is 5.69 Å². The molecule has 1 aliphatic rings. The molecule has 41 heavy (non-hydrogen) atoms. The van der Waals surface area contributed by atoms with Crippen molar-refractivity contribution >= 4 is 28.8 Å². The molecule has 4 aromatic carbocycles. The van der Waals surface area contributed by atoms with Gasteiger partial charge in [-0.25, -0.2) is 9.98 Å². The van der Waals surface area contributed by atoms with Crippen molar-refractivity contribution in [3.05, 3.63) is 141 Å². The van der Waals surface area contributed by atoms with Gasteiger partial charge in [0.2, 0.25) is 0 Å². The molecular weight excluding hydrogens is 534 g/mol. The van der Waals surface area contributed by atoms with E-state index in [2.05, 4.69) is 0 Å². The van der Waals surface area contributed by atoms with Crippen molar-refractivity contribution in [2.75, 3.05) is 7.11 Å². The van der Waals surface area contributed by atoms with Crippen molar-refractivity contribution in [3.63, 3.8) is 0 Å². The van der Waals surface area contributed by atoms with E-state index in [1.165, 1.54) is 6.20 Å². The summed E-state index contributed by atoms with van der Waals surface area (Å²) in [4.78, 5) is 38.7. The van der Waals surface area contributed by atoms with E-state index in [9.17, 15) is 9.59 Å². The maximum absolute atomic E-state index is 14.6. The molecule has 6 rings (SSSR count). The molecule has 0 fully saturated rings. The van der Waals surface area contributed by atoms with E-state index in [4.69, 9.17) is 26.3 Å². The fourth-order valence-corrected chi connectivity index (χ4v) is 5.39. The van der Waals surface area contributed by atoms with Gasteiger partial charge in [0.15, 0.2) is 5.78 Å². The zero-order valence-corrected chi connectivity index (χ0v) is 23.5. The van der Waals surface area contributed by atoms with Crippen LogP contribution in [0.1, 0.15) is 29.2 Å². The van der Waals surface area contributed by atoms with Crippen LogP contribution in [0.5, 0.6) is 5.75 Å². The van der Waals surface area contributed by atoms with Gasteiger partial charge in [0, 0.05) is 22.3 Å². The first-order valence-electron chi connectivity index (χ1n) is 13.1. The molecule has 0 N–H and O–H groups in total. The van der Waals surface area contributed by atoms with Gasteiger partial charge < -0.3 is 4.74 Å². The highest BCUT2D eigenvalue weighted by molar-refractivity contribution is 6.51. The monoisotopic (exact) mass is 559 g/mol. The SMILES string of the molecule is COc1ccc2c(c1)C(C)(c1cnc(-c3ccccc3)n(-c3ccc(C)cc3)c1=O)C(=O)C(c1ccc(Cl)cc1)=N2. The number of hydrogen-bond donors (Lipinski definition) is 0. The third-order valence-electron chi connectivity index (χ3n) is 7.59. The van der Waals surface area contributed by atoms with E-state index < -0.39 is 5.41 Å². The van der Waals surface area contributed by atoms with Gasteiger partial charge in [0.1, 0.15) is 17.3 Å². The fourth-order valence-electron chi connectivity index (χ4n) is 5.26. The van der Waals surface area contributed by atoms with Crippen LogP contribution in [0.15, 0.2) is 113 Å². The molecule has 6 nitrogen and oxygen atoms in total. The molecule has 0 radical (unpaired) electrons. The van der Waals surface area contributed by atoms with E-state index in [0.29, 0.717) is 39.1 Å². The van der Waals surface area contributed by atoms with Crippen molar-refractivity contribution in [1.29, 1.82) is 0 Å². The maximum Gasteiger partial charge on any atom is 0.262 e. The summed E-state index contributed by atoms with van der Waals surface area (Å²) in [6.45, 7) is 3.75. The lowest BCUT2D eigenvalue weighted by Crippen LogP contribution is -2.46. The lowest BCUT2D eigenvalue weighted by Gasteiger charge is -2.34. The van der Waals surface area contributed by atoms with Crippen LogP contribution in [0.2, 0.25) is 5.02 Å².